The number of benzene rings is 1. The molecule has 1 N–H and O–H groups in total. The van der Waals surface area contributed by atoms with Gasteiger partial charge in [-0.05, 0) is 31.0 Å². The van der Waals surface area contributed by atoms with Crippen molar-refractivity contribution < 1.29 is 19.1 Å². The monoisotopic (exact) mass is 388 g/mol. The number of likely N-dealkylation sites (tertiary alicyclic amines) is 1. The van der Waals surface area contributed by atoms with Crippen LogP contribution in [0.3, 0.4) is 0 Å². The second kappa shape index (κ2) is 9.85. The van der Waals surface area contributed by atoms with Crippen molar-refractivity contribution in [1.29, 1.82) is 0 Å². The van der Waals surface area contributed by atoms with E-state index in [1.807, 2.05) is 0 Å². The zero-order valence-corrected chi connectivity index (χ0v) is 15.6. The third kappa shape index (κ3) is 6.38. The van der Waals surface area contributed by atoms with Gasteiger partial charge in [0, 0.05) is 37.7 Å². The van der Waals surface area contributed by atoms with Crippen molar-refractivity contribution in [3.63, 3.8) is 0 Å². The molecule has 138 valence electrons. The number of rotatable bonds is 7. The van der Waals surface area contributed by atoms with Crippen LogP contribution in [0.15, 0.2) is 18.2 Å². The van der Waals surface area contributed by atoms with E-state index in [1.54, 1.807) is 30.2 Å². The Hall–Kier alpha value is -1.50. The molecule has 25 heavy (non-hydrogen) atoms. The van der Waals surface area contributed by atoms with Crippen molar-refractivity contribution in [2.75, 3.05) is 33.4 Å². The van der Waals surface area contributed by atoms with Gasteiger partial charge in [-0.25, -0.2) is 0 Å². The molecule has 0 spiro atoms. The molecule has 0 unspecified atom stereocenters. The maximum Gasteiger partial charge on any atom is 0.260 e. The Bertz CT molecular complexity index is 604. The van der Waals surface area contributed by atoms with Crippen LogP contribution < -0.4 is 10.1 Å². The number of methoxy groups -OCH3 is 1. The van der Waals surface area contributed by atoms with Crippen LogP contribution >= 0.6 is 23.2 Å². The van der Waals surface area contributed by atoms with E-state index in [0.29, 0.717) is 41.9 Å². The molecule has 1 aliphatic heterocycles. The van der Waals surface area contributed by atoms with Crippen molar-refractivity contribution in [2.45, 2.75) is 25.3 Å². The smallest absolute Gasteiger partial charge is 0.260 e. The summed E-state index contributed by atoms with van der Waals surface area (Å²) < 4.78 is 10.4. The number of halogens is 2. The van der Waals surface area contributed by atoms with E-state index in [9.17, 15) is 9.59 Å². The summed E-state index contributed by atoms with van der Waals surface area (Å²) in [5, 5.41) is 3.85. The van der Waals surface area contributed by atoms with Crippen LogP contribution in [-0.4, -0.2) is 56.2 Å². The highest BCUT2D eigenvalue weighted by Crippen LogP contribution is 2.27. The lowest BCUT2D eigenvalue weighted by atomic mass is 10.0. The molecule has 1 saturated heterocycles. The fourth-order valence-corrected chi connectivity index (χ4v) is 3.05. The Balaban J connectivity index is 1.73. The lowest BCUT2D eigenvalue weighted by Gasteiger charge is -2.32. The third-order valence-corrected chi connectivity index (χ3v) is 4.52. The number of hydrogen-bond acceptors (Lipinski definition) is 4. The molecule has 0 saturated carbocycles. The molecule has 2 amide bonds. The number of carbonyl (C=O) groups is 2. The van der Waals surface area contributed by atoms with Gasteiger partial charge in [0.05, 0.1) is 11.6 Å². The maximum atomic E-state index is 12.2. The van der Waals surface area contributed by atoms with E-state index in [1.165, 1.54) is 0 Å². The van der Waals surface area contributed by atoms with Crippen molar-refractivity contribution in [3.05, 3.63) is 28.2 Å². The lowest BCUT2D eigenvalue weighted by Crippen LogP contribution is -2.47. The molecule has 1 aliphatic rings. The first-order valence-corrected chi connectivity index (χ1v) is 8.89. The fourth-order valence-electron chi connectivity index (χ4n) is 2.59. The molecular formula is C17H22Cl2N2O4. The summed E-state index contributed by atoms with van der Waals surface area (Å²) in [5.74, 6) is 0.308. The summed E-state index contributed by atoms with van der Waals surface area (Å²) in [6, 6.07) is 4.96. The normalized spacial score (nSPS) is 15.1. The van der Waals surface area contributed by atoms with Crippen LogP contribution in [0.1, 0.15) is 19.3 Å². The van der Waals surface area contributed by atoms with Gasteiger partial charge < -0.3 is 19.7 Å². The van der Waals surface area contributed by atoms with Crippen LogP contribution in [0.4, 0.5) is 0 Å². The van der Waals surface area contributed by atoms with Crippen LogP contribution in [0.2, 0.25) is 10.0 Å². The summed E-state index contributed by atoms with van der Waals surface area (Å²) in [5.41, 5.74) is 0. The molecule has 6 nitrogen and oxygen atoms in total. The zero-order valence-electron chi connectivity index (χ0n) is 14.1. The predicted molar refractivity (Wildman–Crippen MR) is 96.2 cm³/mol. The van der Waals surface area contributed by atoms with E-state index < -0.39 is 0 Å². The highest BCUT2D eigenvalue weighted by molar-refractivity contribution is 6.35. The molecule has 1 heterocycles. The minimum atomic E-state index is -0.102. The quantitative estimate of drug-likeness (QED) is 0.778. The van der Waals surface area contributed by atoms with E-state index >= 15 is 0 Å². The Labute approximate surface area is 157 Å². The molecule has 0 atom stereocenters. The second-order valence-corrected chi connectivity index (χ2v) is 6.67. The first kappa shape index (κ1) is 19.8. The van der Waals surface area contributed by atoms with Gasteiger partial charge in [0.15, 0.2) is 6.61 Å². The minimum Gasteiger partial charge on any atom is -0.482 e. The van der Waals surface area contributed by atoms with Gasteiger partial charge in [-0.1, -0.05) is 23.2 Å². The molecule has 8 heteroatoms. The number of nitrogens with one attached hydrogen (secondary N) is 1. The van der Waals surface area contributed by atoms with Crippen molar-refractivity contribution >= 4 is 35.0 Å². The van der Waals surface area contributed by atoms with Gasteiger partial charge in [-0.15, -0.1) is 0 Å². The molecule has 0 aromatic heterocycles. The summed E-state index contributed by atoms with van der Waals surface area (Å²) >= 11 is 11.8. The SMILES string of the molecule is COCCC(=O)NC1CCN(C(=O)COc2ccc(Cl)cc2Cl)CC1. The summed E-state index contributed by atoms with van der Waals surface area (Å²) in [7, 11) is 1.57. The first-order chi connectivity index (χ1) is 12.0. The van der Waals surface area contributed by atoms with Gasteiger partial charge >= 0.3 is 0 Å². The fraction of sp³-hybridized carbons (Fsp3) is 0.529. The van der Waals surface area contributed by atoms with Gasteiger partial charge in [0.25, 0.3) is 5.91 Å². The number of carbonyl (C=O) groups excluding carboxylic acids is 2. The average molecular weight is 389 g/mol. The van der Waals surface area contributed by atoms with Crippen molar-refractivity contribution in [2.24, 2.45) is 0 Å². The van der Waals surface area contributed by atoms with Gasteiger partial charge in [0.2, 0.25) is 5.91 Å². The summed E-state index contributed by atoms with van der Waals surface area (Å²) in [4.78, 5) is 25.7. The van der Waals surface area contributed by atoms with Crippen LogP contribution in [-0.2, 0) is 14.3 Å². The zero-order chi connectivity index (χ0) is 18.2. The number of amides is 2. The second-order valence-electron chi connectivity index (χ2n) is 5.83. The Kier molecular flexibility index (Phi) is 7.81. The number of ether oxygens (including phenoxy) is 2. The topological polar surface area (TPSA) is 67.9 Å². The molecular weight excluding hydrogens is 367 g/mol. The standard InChI is InChI=1S/C17H22Cl2N2O4/c1-24-9-6-16(22)20-13-4-7-21(8-5-13)17(23)11-25-15-3-2-12(18)10-14(15)19/h2-3,10,13H,4-9,11H2,1H3,(H,20,22). The van der Waals surface area contributed by atoms with Crippen molar-refractivity contribution in [3.8, 4) is 5.75 Å². The minimum absolute atomic E-state index is 0.0210. The lowest BCUT2D eigenvalue weighted by molar-refractivity contribution is -0.134. The van der Waals surface area contributed by atoms with Gasteiger partial charge in [0.1, 0.15) is 5.75 Å². The molecule has 2 rings (SSSR count). The molecule has 0 aliphatic carbocycles. The third-order valence-electron chi connectivity index (χ3n) is 3.99. The van der Waals surface area contributed by atoms with Crippen LogP contribution in [0.25, 0.3) is 0 Å². The number of piperidine rings is 1. The van der Waals surface area contributed by atoms with Gasteiger partial charge in [-0.2, -0.15) is 0 Å². The molecule has 1 aromatic rings. The first-order valence-electron chi connectivity index (χ1n) is 8.13. The Morgan fingerprint density at radius 1 is 1.28 bits per heavy atom. The number of nitrogens with zero attached hydrogens (tertiary/aromatic N) is 1. The maximum absolute atomic E-state index is 12.2. The molecule has 0 radical (unpaired) electrons. The Morgan fingerprint density at radius 2 is 2.00 bits per heavy atom. The Morgan fingerprint density at radius 3 is 2.64 bits per heavy atom. The van der Waals surface area contributed by atoms with E-state index in [2.05, 4.69) is 5.32 Å². The van der Waals surface area contributed by atoms with Crippen LogP contribution in [0, 0.1) is 0 Å². The number of hydrogen-bond donors (Lipinski definition) is 1. The molecule has 1 aromatic carbocycles. The van der Waals surface area contributed by atoms with Crippen molar-refractivity contribution in [1.82, 2.24) is 10.2 Å². The van der Waals surface area contributed by atoms with E-state index in [-0.39, 0.29) is 24.5 Å². The van der Waals surface area contributed by atoms with Crippen LogP contribution in [0.5, 0.6) is 5.75 Å². The van der Waals surface area contributed by atoms with E-state index in [0.717, 1.165) is 12.8 Å². The largest absolute Gasteiger partial charge is 0.482 e. The predicted octanol–water partition coefficient (Wildman–Crippen LogP) is 2.52. The summed E-state index contributed by atoms with van der Waals surface area (Å²) in [6.07, 6.45) is 1.81. The molecule has 1 fully saturated rings. The highest BCUT2D eigenvalue weighted by atomic mass is 35.5. The highest BCUT2D eigenvalue weighted by Gasteiger charge is 2.24. The molecule has 0 bridgehead atoms. The van der Waals surface area contributed by atoms with Gasteiger partial charge in [-0.3, -0.25) is 9.59 Å². The average Bonchev–Trinajstić information content (AvgIpc) is 2.59. The summed E-state index contributed by atoms with van der Waals surface area (Å²) in [6.45, 7) is 1.51. The van der Waals surface area contributed by atoms with E-state index in [4.69, 9.17) is 32.7 Å².